The highest BCUT2D eigenvalue weighted by atomic mass is 32.1. The molecule has 0 radical (unpaired) electrons. The third kappa shape index (κ3) is 2.87. The number of hydrogen-bond acceptors (Lipinski definition) is 5. The summed E-state index contributed by atoms with van der Waals surface area (Å²) in [7, 11) is 0. The molecule has 0 saturated carbocycles. The summed E-state index contributed by atoms with van der Waals surface area (Å²) in [5.41, 5.74) is 1.08. The van der Waals surface area contributed by atoms with Crippen LogP contribution in [0.5, 0.6) is 5.88 Å². The minimum atomic E-state index is -0.521. The second-order valence-corrected chi connectivity index (χ2v) is 4.73. The summed E-state index contributed by atoms with van der Waals surface area (Å²) in [6, 6.07) is 9.77. The number of hydrogen-bond donors (Lipinski definition) is 1. The summed E-state index contributed by atoms with van der Waals surface area (Å²) in [4.78, 5) is 15.7. The normalized spacial score (nSPS) is 10.3. The number of ether oxygens (including phenoxy) is 1. The molecule has 0 saturated heterocycles. The lowest BCUT2D eigenvalue weighted by Crippen LogP contribution is -2.02. The third-order valence-corrected chi connectivity index (χ3v) is 3.34. The SMILES string of the molecule is CCOC(=O)c1sc(Cc2ccccc2)nc1O. The maximum atomic E-state index is 11.5. The zero-order chi connectivity index (χ0) is 13.0. The second kappa shape index (κ2) is 5.64. The largest absolute Gasteiger partial charge is 0.492 e. The molecule has 0 fully saturated rings. The summed E-state index contributed by atoms with van der Waals surface area (Å²) < 4.78 is 4.84. The predicted molar refractivity (Wildman–Crippen MR) is 69.0 cm³/mol. The van der Waals surface area contributed by atoms with Crippen molar-refractivity contribution in [3.05, 3.63) is 45.8 Å². The Morgan fingerprint density at radius 3 is 2.78 bits per heavy atom. The van der Waals surface area contributed by atoms with E-state index in [1.54, 1.807) is 6.92 Å². The van der Waals surface area contributed by atoms with E-state index in [-0.39, 0.29) is 17.4 Å². The molecule has 0 atom stereocenters. The first-order valence-electron chi connectivity index (χ1n) is 5.60. The van der Waals surface area contributed by atoms with Crippen LogP contribution < -0.4 is 0 Å². The van der Waals surface area contributed by atoms with E-state index in [0.717, 1.165) is 5.56 Å². The lowest BCUT2D eigenvalue weighted by molar-refractivity contribution is 0.0528. The first-order chi connectivity index (χ1) is 8.70. The number of rotatable bonds is 4. The van der Waals surface area contributed by atoms with Crippen LogP contribution in [0.2, 0.25) is 0 Å². The second-order valence-electron chi connectivity index (χ2n) is 3.64. The van der Waals surface area contributed by atoms with Crippen LogP contribution in [0.25, 0.3) is 0 Å². The Labute approximate surface area is 109 Å². The van der Waals surface area contributed by atoms with Crippen molar-refractivity contribution in [1.29, 1.82) is 0 Å². The van der Waals surface area contributed by atoms with E-state index < -0.39 is 5.97 Å². The average molecular weight is 263 g/mol. The molecule has 0 amide bonds. The van der Waals surface area contributed by atoms with E-state index in [4.69, 9.17) is 4.74 Å². The summed E-state index contributed by atoms with van der Waals surface area (Å²) in [6.07, 6.45) is 0.596. The van der Waals surface area contributed by atoms with E-state index in [0.29, 0.717) is 11.4 Å². The van der Waals surface area contributed by atoms with Gasteiger partial charge >= 0.3 is 5.97 Å². The first-order valence-corrected chi connectivity index (χ1v) is 6.42. The molecule has 0 aliphatic rings. The average Bonchev–Trinajstić information content (AvgIpc) is 2.72. The highest BCUT2D eigenvalue weighted by Crippen LogP contribution is 2.26. The van der Waals surface area contributed by atoms with Crippen LogP contribution in [0.4, 0.5) is 0 Å². The molecule has 2 rings (SSSR count). The van der Waals surface area contributed by atoms with Gasteiger partial charge in [0.15, 0.2) is 4.88 Å². The van der Waals surface area contributed by atoms with Crippen LogP contribution in [-0.2, 0) is 11.2 Å². The molecule has 0 spiro atoms. The summed E-state index contributed by atoms with van der Waals surface area (Å²) in [6.45, 7) is 2.01. The topological polar surface area (TPSA) is 59.4 Å². The Bertz CT molecular complexity index is 536. The molecule has 5 heteroatoms. The van der Waals surface area contributed by atoms with Crippen molar-refractivity contribution < 1.29 is 14.6 Å². The monoisotopic (exact) mass is 263 g/mol. The van der Waals surface area contributed by atoms with E-state index >= 15 is 0 Å². The van der Waals surface area contributed by atoms with Crippen LogP contribution in [0.15, 0.2) is 30.3 Å². The molecule has 0 aliphatic carbocycles. The van der Waals surface area contributed by atoms with Gasteiger partial charge in [-0.25, -0.2) is 9.78 Å². The molecular formula is C13H13NO3S. The van der Waals surface area contributed by atoms with Crippen LogP contribution in [-0.4, -0.2) is 22.7 Å². The molecule has 1 aromatic heterocycles. The number of benzene rings is 1. The first kappa shape index (κ1) is 12.6. The lowest BCUT2D eigenvalue weighted by atomic mass is 10.2. The standard InChI is InChI=1S/C13H13NO3S/c1-2-17-13(16)11-12(15)14-10(18-11)8-9-6-4-3-5-7-9/h3-7,15H,2,8H2,1H3. The summed E-state index contributed by atoms with van der Waals surface area (Å²) in [5, 5.41) is 10.3. The van der Waals surface area contributed by atoms with Crippen LogP contribution in [0.1, 0.15) is 27.2 Å². The van der Waals surface area contributed by atoms with Gasteiger partial charge in [0, 0.05) is 6.42 Å². The van der Waals surface area contributed by atoms with Crippen molar-refractivity contribution >= 4 is 17.3 Å². The maximum Gasteiger partial charge on any atom is 0.353 e. The van der Waals surface area contributed by atoms with E-state index in [1.807, 2.05) is 30.3 Å². The van der Waals surface area contributed by atoms with E-state index in [1.165, 1.54) is 11.3 Å². The Morgan fingerprint density at radius 2 is 2.11 bits per heavy atom. The highest BCUT2D eigenvalue weighted by Gasteiger charge is 2.18. The van der Waals surface area contributed by atoms with Gasteiger partial charge in [0.2, 0.25) is 5.88 Å². The highest BCUT2D eigenvalue weighted by molar-refractivity contribution is 7.13. The Balaban J connectivity index is 2.16. The molecule has 1 N–H and O–H groups in total. The minimum Gasteiger partial charge on any atom is -0.492 e. The van der Waals surface area contributed by atoms with Crippen LogP contribution >= 0.6 is 11.3 Å². The number of carbonyl (C=O) groups excluding carboxylic acids is 1. The van der Waals surface area contributed by atoms with Gasteiger partial charge in [0.1, 0.15) is 5.01 Å². The lowest BCUT2D eigenvalue weighted by Gasteiger charge is -1.97. The maximum absolute atomic E-state index is 11.5. The van der Waals surface area contributed by atoms with Crippen molar-refractivity contribution in [3.63, 3.8) is 0 Å². The van der Waals surface area contributed by atoms with Gasteiger partial charge in [-0.05, 0) is 12.5 Å². The molecule has 4 nitrogen and oxygen atoms in total. The van der Waals surface area contributed by atoms with Crippen LogP contribution in [0.3, 0.4) is 0 Å². The Morgan fingerprint density at radius 1 is 1.39 bits per heavy atom. The Hall–Kier alpha value is -1.88. The zero-order valence-corrected chi connectivity index (χ0v) is 10.7. The fourth-order valence-corrected chi connectivity index (χ4v) is 2.42. The number of carbonyl (C=O) groups is 1. The predicted octanol–water partition coefficient (Wildman–Crippen LogP) is 2.62. The molecular weight excluding hydrogens is 250 g/mol. The summed E-state index contributed by atoms with van der Waals surface area (Å²) in [5.74, 6) is -0.767. The van der Waals surface area contributed by atoms with E-state index in [9.17, 15) is 9.90 Å². The van der Waals surface area contributed by atoms with Crippen molar-refractivity contribution in [1.82, 2.24) is 4.98 Å². The van der Waals surface area contributed by atoms with Crippen molar-refractivity contribution in [3.8, 4) is 5.88 Å². The van der Waals surface area contributed by atoms with Gasteiger partial charge in [-0.1, -0.05) is 30.3 Å². The van der Waals surface area contributed by atoms with Crippen molar-refractivity contribution in [2.24, 2.45) is 0 Å². The smallest absolute Gasteiger partial charge is 0.353 e. The molecule has 0 unspecified atom stereocenters. The molecule has 1 heterocycles. The zero-order valence-electron chi connectivity index (χ0n) is 9.92. The van der Waals surface area contributed by atoms with Gasteiger partial charge in [0.25, 0.3) is 0 Å². The van der Waals surface area contributed by atoms with Gasteiger partial charge in [-0.2, -0.15) is 0 Å². The van der Waals surface area contributed by atoms with Gasteiger partial charge in [0.05, 0.1) is 6.61 Å². The molecule has 1 aromatic carbocycles. The molecule has 2 aromatic rings. The molecule has 0 aliphatic heterocycles. The van der Waals surface area contributed by atoms with Gasteiger partial charge in [-0.3, -0.25) is 0 Å². The molecule has 0 bridgehead atoms. The molecule has 18 heavy (non-hydrogen) atoms. The fraction of sp³-hybridized carbons (Fsp3) is 0.231. The molecule has 94 valence electrons. The van der Waals surface area contributed by atoms with Crippen molar-refractivity contribution in [2.45, 2.75) is 13.3 Å². The quantitative estimate of drug-likeness (QED) is 0.861. The van der Waals surface area contributed by atoms with E-state index in [2.05, 4.69) is 4.98 Å². The number of aromatic hydroxyl groups is 1. The minimum absolute atomic E-state index is 0.169. The third-order valence-electron chi connectivity index (χ3n) is 2.31. The fourth-order valence-electron chi connectivity index (χ4n) is 1.53. The van der Waals surface area contributed by atoms with Gasteiger partial charge in [-0.15, -0.1) is 11.3 Å². The van der Waals surface area contributed by atoms with Crippen molar-refractivity contribution in [2.75, 3.05) is 6.61 Å². The number of thiazole rings is 1. The Kier molecular flexibility index (Phi) is 3.94. The van der Waals surface area contributed by atoms with Crippen LogP contribution in [0, 0.1) is 0 Å². The number of aromatic nitrogens is 1. The number of nitrogens with zero attached hydrogens (tertiary/aromatic N) is 1. The van der Waals surface area contributed by atoms with Gasteiger partial charge < -0.3 is 9.84 Å². The number of esters is 1. The summed E-state index contributed by atoms with van der Waals surface area (Å²) >= 11 is 1.17.